The molecule has 1 saturated carbocycles. The summed E-state index contributed by atoms with van der Waals surface area (Å²) in [4.78, 5) is 14.5. The molecule has 1 amide bonds. The molecule has 1 aliphatic heterocycles. The van der Waals surface area contributed by atoms with E-state index in [1.54, 1.807) is 0 Å². The second-order valence-electron chi connectivity index (χ2n) is 9.46. The number of methoxy groups -OCH3 is 1. The number of piperazine rings is 1. The largest absolute Gasteiger partial charge is 0.494 e. The second kappa shape index (κ2) is 10.5. The molecule has 2 aromatic rings. The molecule has 2 aliphatic rings. The number of nitrogens with zero attached hydrogens (tertiary/aromatic N) is 1. The normalized spacial score (nSPS) is 22.0. The van der Waals surface area contributed by atoms with Crippen LogP contribution in [0.25, 0.3) is 0 Å². The molecular weight excluding hydrogens is 403 g/mol. The number of nitrogens with one attached hydrogen (secondary N) is 1. The predicted octanol–water partition coefficient (Wildman–Crippen LogP) is 4.89. The number of carbonyl (C=O) groups excluding carboxylic acids is 1. The first-order valence-electron chi connectivity index (χ1n) is 11.9. The summed E-state index contributed by atoms with van der Waals surface area (Å²) < 4.78 is 18.9. The van der Waals surface area contributed by atoms with Crippen LogP contribution in [0.3, 0.4) is 0 Å². The number of hydrogen-bond donors (Lipinski definition) is 1. The summed E-state index contributed by atoms with van der Waals surface area (Å²) in [7, 11) is 1.51. The Bertz CT molecular complexity index is 908. The van der Waals surface area contributed by atoms with Gasteiger partial charge < -0.3 is 15.0 Å². The zero-order valence-corrected chi connectivity index (χ0v) is 19.3. The second-order valence-corrected chi connectivity index (χ2v) is 9.46. The van der Waals surface area contributed by atoms with E-state index in [1.165, 1.54) is 38.0 Å². The first-order valence-corrected chi connectivity index (χ1v) is 11.9. The highest BCUT2D eigenvalue weighted by Gasteiger charge is 2.27. The summed E-state index contributed by atoms with van der Waals surface area (Å²) in [5.41, 5.74) is 3.64. The van der Waals surface area contributed by atoms with Crippen molar-refractivity contribution in [2.75, 3.05) is 33.3 Å². The van der Waals surface area contributed by atoms with Crippen molar-refractivity contribution in [2.45, 2.75) is 50.9 Å². The minimum atomic E-state index is -0.303. The fourth-order valence-corrected chi connectivity index (χ4v) is 5.32. The van der Waals surface area contributed by atoms with Gasteiger partial charge in [0.05, 0.1) is 13.5 Å². The molecule has 1 saturated heterocycles. The molecule has 0 spiro atoms. The van der Waals surface area contributed by atoms with E-state index >= 15 is 0 Å². The van der Waals surface area contributed by atoms with Gasteiger partial charge in [0.1, 0.15) is 0 Å². The number of ether oxygens (including phenoxy) is 1. The fourth-order valence-electron chi connectivity index (χ4n) is 5.32. The van der Waals surface area contributed by atoms with Gasteiger partial charge in [0.2, 0.25) is 5.91 Å². The van der Waals surface area contributed by atoms with Crippen LogP contribution in [-0.4, -0.2) is 44.1 Å². The molecule has 5 heteroatoms. The minimum absolute atomic E-state index is 0.228. The van der Waals surface area contributed by atoms with Crippen LogP contribution in [0.2, 0.25) is 0 Å². The zero-order chi connectivity index (χ0) is 22.5. The van der Waals surface area contributed by atoms with E-state index < -0.39 is 0 Å². The van der Waals surface area contributed by atoms with Crippen molar-refractivity contribution in [1.82, 2.24) is 10.2 Å². The number of rotatable bonds is 7. The summed E-state index contributed by atoms with van der Waals surface area (Å²) in [6.07, 6.45) is 5.25. The van der Waals surface area contributed by atoms with Crippen LogP contribution in [0.4, 0.5) is 4.39 Å². The summed E-state index contributed by atoms with van der Waals surface area (Å²) in [5, 5.41) is 3.29. The molecule has 4 nitrogen and oxygen atoms in total. The lowest BCUT2D eigenvalue weighted by Gasteiger charge is -2.27. The van der Waals surface area contributed by atoms with Crippen molar-refractivity contribution >= 4 is 5.91 Å². The lowest BCUT2D eigenvalue weighted by Crippen LogP contribution is -2.46. The number of carbonyl (C=O) groups is 1. The van der Waals surface area contributed by atoms with Gasteiger partial charge in [-0.3, -0.25) is 4.79 Å². The Morgan fingerprint density at radius 1 is 1.16 bits per heavy atom. The number of amides is 1. The number of halogens is 1. The number of hydrogen-bond acceptors (Lipinski definition) is 3. The van der Waals surface area contributed by atoms with Gasteiger partial charge in [-0.1, -0.05) is 37.3 Å². The fraction of sp³-hybridized carbons (Fsp3) is 0.519. The van der Waals surface area contributed by atoms with Crippen LogP contribution >= 0.6 is 0 Å². The van der Waals surface area contributed by atoms with E-state index in [0.29, 0.717) is 29.9 Å². The monoisotopic (exact) mass is 438 g/mol. The van der Waals surface area contributed by atoms with Crippen LogP contribution in [0.5, 0.6) is 5.75 Å². The lowest BCUT2D eigenvalue weighted by molar-refractivity contribution is -0.131. The maximum absolute atomic E-state index is 13.7. The van der Waals surface area contributed by atoms with Crippen molar-refractivity contribution in [3.63, 3.8) is 0 Å². The number of benzene rings is 2. The van der Waals surface area contributed by atoms with Gasteiger partial charge in [-0.2, -0.15) is 0 Å². The van der Waals surface area contributed by atoms with Crippen LogP contribution < -0.4 is 10.1 Å². The molecule has 0 bridgehead atoms. The minimum Gasteiger partial charge on any atom is -0.494 e. The van der Waals surface area contributed by atoms with Crippen molar-refractivity contribution in [3.8, 4) is 5.75 Å². The highest BCUT2D eigenvalue weighted by Crippen LogP contribution is 2.42. The molecule has 1 heterocycles. The first kappa shape index (κ1) is 22.8. The first-order chi connectivity index (χ1) is 15.5. The maximum Gasteiger partial charge on any atom is 0.227 e. The molecule has 0 radical (unpaired) electrons. The molecule has 0 aromatic heterocycles. The van der Waals surface area contributed by atoms with E-state index in [0.717, 1.165) is 43.7 Å². The Kier molecular flexibility index (Phi) is 7.46. The molecule has 0 unspecified atom stereocenters. The van der Waals surface area contributed by atoms with Crippen molar-refractivity contribution < 1.29 is 13.9 Å². The van der Waals surface area contributed by atoms with Gasteiger partial charge in [0.25, 0.3) is 0 Å². The Labute approximate surface area is 191 Å². The van der Waals surface area contributed by atoms with E-state index in [2.05, 4.69) is 36.5 Å². The summed E-state index contributed by atoms with van der Waals surface area (Å²) in [5.74, 6) is 1.91. The Morgan fingerprint density at radius 3 is 2.62 bits per heavy atom. The maximum atomic E-state index is 13.7. The van der Waals surface area contributed by atoms with Crippen LogP contribution in [0.1, 0.15) is 61.1 Å². The van der Waals surface area contributed by atoms with E-state index in [9.17, 15) is 9.18 Å². The highest BCUT2D eigenvalue weighted by molar-refractivity contribution is 5.78. The molecule has 2 aromatic carbocycles. The van der Waals surface area contributed by atoms with Gasteiger partial charge in [0, 0.05) is 26.2 Å². The third-order valence-corrected chi connectivity index (χ3v) is 7.25. The Balaban J connectivity index is 1.29. The van der Waals surface area contributed by atoms with E-state index in [-0.39, 0.29) is 11.7 Å². The van der Waals surface area contributed by atoms with Gasteiger partial charge in [-0.15, -0.1) is 0 Å². The summed E-state index contributed by atoms with van der Waals surface area (Å²) >= 11 is 0. The van der Waals surface area contributed by atoms with Gasteiger partial charge >= 0.3 is 0 Å². The SMILES string of the molecule is COc1cc([C@@H](C)C[C@H]2CC[C@@H](c3ccc(CC(=O)N4CCNCC4)cc3)C2)ccc1F. The highest BCUT2D eigenvalue weighted by atomic mass is 19.1. The quantitative estimate of drug-likeness (QED) is 0.670. The third kappa shape index (κ3) is 5.50. The smallest absolute Gasteiger partial charge is 0.227 e. The lowest BCUT2D eigenvalue weighted by atomic mass is 9.88. The van der Waals surface area contributed by atoms with Crippen LogP contribution in [-0.2, 0) is 11.2 Å². The molecule has 3 atom stereocenters. The Hall–Kier alpha value is -2.40. The molecule has 32 heavy (non-hydrogen) atoms. The van der Waals surface area contributed by atoms with Crippen LogP contribution in [0, 0.1) is 11.7 Å². The molecule has 1 N–H and O–H groups in total. The van der Waals surface area contributed by atoms with Gasteiger partial charge in [0.15, 0.2) is 11.6 Å². The third-order valence-electron chi connectivity index (χ3n) is 7.25. The van der Waals surface area contributed by atoms with Crippen molar-refractivity contribution in [2.24, 2.45) is 5.92 Å². The zero-order valence-electron chi connectivity index (χ0n) is 19.3. The average molecular weight is 439 g/mol. The van der Waals surface area contributed by atoms with Crippen molar-refractivity contribution in [1.29, 1.82) is 0 Å². The molecular formula is C27H35FN2O2. The Morgan fingerprint density at radius 2 is 1.91 bits per heavy atom. The van der Waals surface area contributed by atoms with Crippen LogP contribution in [0.15, 0.2) is 42.5 Å². The van der Waals surface area contributed by atoms with E-state index in [1.807, 2.05) is 17.0 Å². The van der Waals surface area contributed by atoms with E-state index in [4.69, 9.17) is 4.74 Å². The topological polar surface area (TPSA) is 41.6 Å². The molecule has 1 aliphatic carbocycles. The predicted molar refractivity (Wildman–Crippen MR) is 126 cm³/mol. The summed E-state index contributed by atoms with van der Waals surface area (Å²) in [6.45, 7) is 5.62. The van der Waals surface area contributed by atoms with Crippen molar-refractivity contribution in [3.05, 3.63) is 65.0 Å². The molecule has 4 rings (SSSR count). The average Bonchev–Trinajstić information content (AvgIpc) is 3.28. The van der Waals surface area contributed by atoms with Gasteiger partial charge in [-0.25, -0.2) is 4.39 Å². The standard InChI is InChI=1S/C27H35FN2O2/c1-19(23-9-10-25(28)26(18-23)32-2)15-21-5-8-24(16-21)22-6-3-20(4-7-22)17-27(31)30-13-11-29-12-14-30/h3-4,6-7,9-10,18-19,21,24,29H,5,8,11-17H2,1-2H3/t19-,21+,24+/m0/s1. The van der Waals surface area contributed by atoms with Gasteiger partial charge in [-0.05, 0) is 72.3 Å². The molecule has 172 valence electrons. The molecule has 2 fully saturated rings. The summed E-state index contributed by atoms with van der Waals surface area (Å²) in [6, 6.07) is 14.0.